The van der Waals surface area contributed by atoms with Crippen LogP contribution in [0.4, 0.5) is 0 Å². The van der Waals surface area contributed by atoms with E-state index in [9.17, 15) is 4.79 Å². The summed E-state index contributed by atoms with van der Waals surface area (Å²) in [7, 11) is 1.38. The van der Waals surface area contributed by atoms with Crippen molar-refractivity contribution in [3.8, 4) is 0 Å². The van der Waals surface area contributed by atoms with Gasteiger partial charge in [0.2, 0.25) is 0 Å². The van der Waals surface area contributed by atoms with E-state index in [0.717, 1.165) is 15.6 Å². The SMILES string of the molecule is COC(=O)C(/C=C/c1ccccc1)=C/c1ccccc1Br. The Balaban J connectivity index is 2.34. The third-order valence-electron chi connectivity index (χ3n) is 2.89. The average Bonchev–Trinajstić information content (AvgIpc) is 2.53. The van der Waals surface area contributed by atoms with Gasteiger partial charge in [-0.15, -0.1) is 0 Å². The van der Waals surface area contributed by atoms with E-state index < -0.39 is 0 Å². The zero-order valence-electron chi connectivity index (χ0n) is 11.6. The van der Waals surface area contributed by atoms with Crippen LogP contribution in [0.15, 0.2) is 70.7 Å². The summed E-state index contributed by atoms with van der Waals surface area (Å²) in [5.74, 6) is -0.363. The Bertz CT molecular complexity index is 673. The summed E-state index contributed by atoms with van der Waals surface area (Å²) < 4.78 is 5.77. The number of methoxy groups -OCH3 is 1. The van der Waals surface area contributed by atoms with Crippen molar-refractivity contribution in [1.82, 2.24) is 0 Å². The van der Waals surface area contributed by atoms with E-state index in [-0.39, 0.29) is 5.97 Å². The molecule has 3 heteroatoms. The van der Waals surface area contributed by atoms with Gasteiger partial charge in [-0.3, -0.25) is 0 Å². The Kier molecular flexibility index (Phi) is 5.52. The number of esters is 1. The van der Waals surface area contributed by atoms with E-state index >= 15 is 0 Å². The van der Waals surface area contributed by atoms with Crippen LogP contribution in [-0.2, 0) is 9.53 Å². The van der Waals surface area contributed by atoms with Gasteiger partial charge < -0.3 is 4.74 Å². The summed E-state index contributed by atoms with van der Waals surface area (Å²) in [6.45, 7) is 0. The van der Waals surface area contributed by atoms with Crippen molar-refractivity contribution in [2.75, 3.05) is 7.11 Å². The molecule has 2 aromatic rings. The molecule has 0 saturated heterocycles. The van der Waals surface area contributed by atoms with E-state index in [0.29, 0.717) is 5.57 Å². The molecule has 0 heterocycles. The molecular formula is C18H15BrO2. The highest BCUT2D eigenvalue weighted by atomic mass is 79.9. The third kappa shape index (κ3) is 4.43. The summed E-state index contributed by atoms with van der Waals surface area (Å²) in [5.41, 5.74) is 2.45. The highest BCUT2D eigenvalue weighted by Gasteiger charge is 2.07. The lowest BCUT2D eigenvalue weighted by Crippen LogP contribution is -2.02. The van der Waals surface area contributed by atoms with Crippen LogP contribution in [0.25, 0.3) is 12.2 Å². The summed E-state index contributed by atoms with van der Waals surface area (Å²) in [5, 5.41) is 0. The molecule has 0 aliphatic carbocycles. The van der Waals surface area contributed by atoms with Crippen LogP contribution in [0.1, 0.15) is 11.1 Å². The van der Waals surface area contributed by atoms with Crippen LogP contribution in [-0.4, -0.2) is 13.1 Å². The van der Waals surface area contributed by atoms with Crippen molar-refractivity contribution in [1.29, 1.82) is 0 Å². The fourth-order valence-electron chi connectivity index (χ4n) is 1.80. The Hall–Kier alpha value is -2.13. The molecule has 0 bridgehead atoms. The molecule has 0 N–H and O–H groups in total. The molecule has 2 rings (SSSR count). The predicted octanol–water partition coefficient (Wildman–Crippen LogP) is 4.72. The predicted molar refractivity (Wildman–Crippen MR) is 89.6 cm³/mol. The van der Waals surface area contributed by atoms with Gasteiger partial charge in [0.25, 0.3) is 0 Å². The van der Waals surface area contributed by atoms with Crippen LogP contribution < -0.4 is 0 Å². The first kappa shape index (κ1) is 15.3. The van der Waals surface area contributed by atoms with Crippen molar-refractivity contribution < 1.29 is 9.53 Å². The quantitative estimate of drug-likeness (QED) is 0.456. The molecule has 106 valence electrons. The first-order valence-corrected chi connectivity index (χ1v) is 7.27. The lowest BCUT2D eigenvalue weighted by molar-refractivity contribution is -0.135. The van der Waals surface area contributed by atoms with E-state index in [1.807, 2.05) is 60.7 Å². The molecule has 0 radical (unpaired) electrons. The van der Waals surface area contributed by atoms with Crippen molar-refractivity contribution in [2.24, 2.45) is 0 Å². The highest BCUT2D eigenvalue weighted by Crippen LogP contribution is 2.20. The lowest BCUT2D eigenvalue weighted by Gasteiger charge is -2.02. The standard InChI is InChI=1S/C18H15BrO2/c1-21-18(20)16(12-11-14-7-3-2-4-8-14)13-15-9-5-6-10-17(15)19/h2-13H,1H3/b12-11+,16-13+. The van der Waals surface area contributed by atoms with Crippen molar-refractivity contribution >= 4 is 34.1 Å². The minimum atomic E-state index is -0.363. The van der Waals surface area contributed by atoms with E-state index in [4.69, 9.17) is 4.74 Å². The maximum absolute atomic E-state index is 11.9. The second-order valence-corrected chi connectivity index (χ2v) is 5.21. The number of carbonyl (C=O) groups is 1. The summed E-state index contributed by atoms with van der Waals surface area (Å²) in [6.07, 6.45) is 5.45. The van der Waals surface area contributed by atoms with Gasteiger partial charge in [-0.1, -0.05) is 70.5 Å². The number of hydrogen-bond acceptors (Lipinski definition) is 2. The molecule has 0 saturated carbocycles. The van der Waals surface area contributed by atoms with E-state index in [1.165, 1.54) is 7.11 Å². The lowest BCUT2D eigenvalue weighted by atomic mass is 10.1. The maximum atomic E-state index is 11.9. The Morgan fingerprint density at radius 3 is 2.38 bits per heavy atom. The van der Waals surface area contributed by atoms with Crippen LogP contribution in [0.2, 0.25) is 0 Å². The molecule has 0 fully saturated rings. The first-order chi connectivity index (χ1) is 10.2. The number of carbonyl (C=O) groups excluding carboxylic acids is 1. The number of ether oxygens (including phenoxy) is 1. The maximum Gasteiger partial charge on any atom is 0.337 e. The number of benzene rings is 2. The first-order valence-electron chi connectivity index (χ1n) is 6.48. The number of rotatable bonds is 4. The van der Waals surface area contributed by atoms with Gasteiger partial charge in [0.15, 0.2) is 0 Å². The van der Waals surface area contributed by atoms with Gasteiger partial charge in [-0.05, 0) is 29.3 Å². The normalized spacial score (nSPS) is 11.6. The van der Waals surface area contributed by atoms with E-state index in [2.05, 4.69) is 15.9 Å². The molecule has 0 aliphatic rings. The summed E-state index contributed by atoms with van der Waals surface area (Å²) >= 11 is 3.47. The smallest absolute Gasteiger partial charge is 0.337 e. The molecular weight excluding hydrogens is 328 g/mol. The molecule has 0 aliphatic heterocycles. The van der Waals surface area contributed by atoms with Crippen molar-refractivity contribution in [2.45, 2.75) is 0 Å². The van der Waals surface area contributed by atoms with Gasteiger partial charge in [-0.25, -0.2) is 4.79 Å². The van der Waals surface area contributed by atoms with E-state index in [1.54, 1.807) is 12.2 Å². The topological polar surface area (TPSA) is 26.3 Å². The molecule has 0 unspecified atom stereocenters. The van der Waals surface area contributed by atoms with Gasteiger partial charge in [0.05, 0.1) is 12.7 Å². The summed E-state index contributed by atoms with van der Waals surface area (Å²) in [6, 6.07) is 17.5. The zero-order valence-corrected chi connectivity index (χ0v) is 13.2. The monoisotopic (exact) mass is 342 g/mol. The Morgan fingerprint density at radius 1 is 1.05 bits per heavy atom. The van der Waals surface area contributed by atoms with Gasteiger partial charge in [0, 0.05) is 4.47 Å². The third-order valence-corrected chi connectivity index (χ3v) is 3.61. The van der Waals surface area contributed by atoms with Crippen molar-refractivity contribution in [3.63, 3.8) is 0 Å². The van der Waals surface area contributed by atoms with Gasteiger partial charge in [-0.2, -0.15) is 0 Å². The second kappa shape index (κ2) is 7.60. The van der Waals surface area contributed by atoms with Gasteiger partial charge >= 0.3 is 5.97 Å². The van der Waals surface area contributed by atoms with Crippen molar-refractivity contribution in [3.05, 3.63) is 81.8 Å². The fourth-order valence-corrected chi connectivity index (χ4v) is 2.20. The number of hydrogen-bond donors (Lipinski definition) is 0. The number of halogens is 1. The fraction of sp³-hybridized carbons (Fsp3) is 0.0556. The second-order valence-electron chi connectivity index (χ2n) is 4.36. The molecule has 21 heavy (non-hydrogen) atoms. The molecule has 2 aromatic carbocycles. The molecule has 0 spiro atoms. The van der Waals surface area contributed by atoms with Crippen LogP contribution >= 0.6 is 15.9 Å². The molecule has 0 aromatic heterocycles. The van der Waals surface area contributed by atoms with Gasteiger partial charge in [0.1, 0.15) is 0 Å². The Morgan fingerprint density at radius 2 is 1.71 bits per heavy atom. The minimum Gasteiger partial charge on any atom is -0.465 e. The molecule has 0 amide bonds. The van der Waals surface area contributed by atoms with Crippen LogP contribution in [0.3, 0.4) is 0 Å². The van der Waals surface area contributed by atoms with Crippen LogP contribution in [0, 0.1) is 0 Å². The van der Waals surface area contributed by atoms with Crippen LogP contribution in [0.5, 0.6) is 0 Å². The summed E-state index contributed by atoms with van der Waals surface area (Å²) in [4.78, 5) is 11.9. The average molecular weight is 343 g/mol. The largest absolute Gasteiger partial charge is 0.465 e. The highest BCUT2D eigenvalue weighted by molar-refractivity contribution is 9.10. The Labute approximate surface area is 132 Å². The molecule has 0 atom stereocenters. The minimum absolute atomic E-state index is 0.363. The molecule has 2 nitrogen and oxygen atoms in total. The zero-order chi connectivity index (χ0) is 15.1.